The highest BCUT2D eigenvalue weighted by molar-refractivity contribution is 5.72. The monoisotopic (exact) mass is 180 g/mol. The number of rotatable bonds is 5. The average Bonchev–Trinajstić information content (AvgIpc) is 2.11. The Morgan fingerprint density at radius 3 is 2.62 bits per heavy atom. The summed E-state index contributed by atoms with van der Waals surface area (Å²) in [5.41, 5.74) is 0. The second kappa shape index (κ2) is 6.30. The van der Waals surface area contributed by atoms with Gasteiger partial charge in [-0.15, -0.1) is 12.3 Å². The minimum absolute atomic E-state index is 0.266. The summed E-state index contributed by atoms with van der Waals surface area (Å²) >= 11 is 0. The second-order valence-corrected chi connectivity index (χ2v) is 3.12. The van der Waals surface area contributed by atoms with Crippen LogP contribution in [0.15, 0.2) is 12.2 Å². The van der Waals surface area contributed by atoms with Gasteiger partial charge in [0.25, 0.3) is 0 Å². The number of aliphatic carboxylic acids is 1. The molecule has 2 atom stereocenters. The molecule has 0 bridgehead atoms. The Morgan fingerprint density at radius 1 is 1.62 bits per heavy atom. The average molecular weight is 180 g/mol. The van der Waals surface area contributed by atoms with Crippen molar-refractivity contribution in [1.29, 1.82) is 0 Å². The highest BCUT2D eigenvalue weighted by Gasteiger charge is 2.11. The maximum atomic E-state index is 10.6. The number of carboxylic acids is 1. The summed E-state index contributed by atoms with van der Waals surface area (Å²) in [5.74, 6) is 1.40. The van der Waals surface area contributed by atoms with Gasteiger partial charge in [0.2, 0.25) is 0 Å². The molecule has 0 spiro atoms. The third kappa shape index (κ3) is 5.08. The van der Waals surface area contributed by atoms with Crippen molar-refractivity contribution >= 4 is 5.97 Å². The van der Waals surface area contributed by atoms with Crippen molar-refractivity contribution in [3.63, 3.8) is 0 Å². The van der Waals surface area contributed by atoms with Crippen molar-refractivity contribution in [3.05, 3.63) is 12.2 Å². The van der Waals surface area contributed by atoms with Crippen LogP contribution in [0, 0.1) is 24.2 Å². The first-order valence-electron chi connectivity index (χ1n) is 4.46. The molecule has 1 N–H and O–H groups in total. The highest BCUT2D eigenvalue weighted by atomic mass is 16.4. The lowest BCUT2D eigenvalue weighted by Crippen LogP contribution is -2.10. The first kappa shape index (κ1) is 11.8. The summed E-state index contributed by atoms with van der Waals surface area (Å²) < 4.78 is 0. The number of hydrogen-bond acceptors (Lipinski definition) is 1. The fourth-order valence-corrected chi connectivity index (χ4v) is 0.825. The normalized spacial score (nSPS) is 15.2. The summed E-state index contributed by atoms with van der Waals surface area (Å²) in [7, 11) is 0. The molecule has 0 aromatic heterocycles. The van der Waals surface area contributed by atoms with E-state index in [1.807, 2.05) is 13.0 Å². The Morgan fingerprint density at radius 2 is 2.23 bits per heavy atom. The van der Waals surface area contributed by atoms with Crippen molar-refractivity contribution in [3.8, 4) is 12.3 Å². The number of carboxylic acid groups (broad SMARTS) is 1. The Bertz CT molecular complexity index is 223. The van der Waals surface area contributed by atoms with E-state index in [9.17, 15) is 4.79 Å². The van der Waals surface area contributed by atoms with E-state index >= 15 is 0 Å². The molecule has 0 aliphatic rings. The van der Waals surface area contributed by atoms with Crippen LogP contribution in [0.4, 0.5) is 0 Å². The quantitative estimate of drug-likeness (QED) is 0.520. The molecule has 0 saturated heterocycles. The molecule has 0 aliphatic carbocycles. The van der Waals surface area contributed by atoms with Crippen LogP contribution < -0.4 is 0 Å². The molecule has 0 rings (SSSR count). The van der Waals surface area contributed by atoms with Crippen LogP contribution >= 0.6 is 0 Å². The van der Waals surface area contributed by atoms with Gasteiger partial charge in [0.15, 0.2) is 0 Å². The summed E-state index contributed by atoms with van der Waals surface area (Å²) in [6.45, 7) is 4.11. The van der Waals surface area contributed by atoms with Gasteiger partial charge in [0.1, 0.15) is 0 Å². The molecule has 13 heavy (non-hydrogen) atoms. The number of terminal acetylenes is 1. The van der Waals surface area contributed by atoms with Crippen molar-refractivity contribution < 1.29 is 9.90 Å². The summed E-state index contributed by atoms with van der Waals surface area (Å²) in [4.78, 5) is 10.6. The molecule has 0 aromatic carbocycles. The molecule has 0 aromatic rings. The van der Waals surface area contributed by atoms with Crippen LogP contribution in [0.1, 0.15) is 26.7 Å². The molecule has 72 valence electrons. The minimum atomic E-state index is -0.850. The SMILES string of the molecule is C#CCC(C=CC(C)CC)C(=O)O. The second-order valence-electron chi connectivity index (χ2n) is 3.12. The van der Waals surface area contributed by atoms with Crippen LogP contribution in [0.5, 0.6) is 0 Å². The molecule has 0 radical (unpaired) electrons. The Labute approximate surface area is 79.7 Å². The van der Waals surface area contributed by atoms with Crippen LogP contribution in [0.25, 0.3) is 0 Å². The van der Waals surface area contributed by atoms with Gasteiger partial charge in [-0.05, 0) is 5.92 Å². The van der Waals surface area contributed by atoms with Gasteiger partial charge in [-0.25, -0.2) is 0 Å². The molecule has 0 fully saturated rings. The van der Waals surface area contributed by atoms with Crippen LogP contribution in [-0.4, -0.2) is 11.1 Å². The van der Waals surface area contributed by atoms with Crippen molar-refractivity contribution in [2.45, 2.75) is 26.7 Å². The lowest BCUT2D eigenvalue weighted by atomic mass is 10.0. The zero-order valence-corrected chi connectivity index (χ0v) is 8.16. The van der Waals surface area contributed by atoms with Gasteiger partial charge in [0, 0.05) is 6.42 Å². The van der Waals surface area contributed by atoms with Gasteiger partial charge >= 0.3 is 5.97 Å². The van der Waals surface area contributed by atoms with Crippen molar-refractivity contribution in [2.24, 2.45) is 11.8 Å². The third-order valence-corrected chi connectivity index (χ3v) is 1.97. The van der Waals surface area contributed by atoms with Crippen molar-refractivity contribution in [2.75, 3.05) is 0 Å². The fraction of sp³-hybridized carbons (Fsp3) is 0.545. The van der Waals surface area contributed by atoms with Gasteiger partial charge < -0.3 is 5.11 Å². The zero-order chi connectivity index (χ0) is 10.3. The van der Waals surface area contributed by atoms with E-state index in [0.717, 1.165) is 6.42 Å². The number of carbonyl (C=O) groups is 1. The van der Waals surface area contributed by atoms with E-state index in [2.05, 4.69) is 12.8 Å². The predicted octanol–water partition coefficient (Wildman–Crippen LogP) is 2.31. The molecule has 0 aliphatic heterocycles. The highest BCUT2D eigenvalue weighted by Crippen LogP contribution is 2.09. The number of hydrogen-bond donors (Lipinski definition) is 1. The Hall–Kier alpha value is -1.23. The molecule has 0 saturated carbocycles. The molecule has 2 unspecified atom stereocenters. The van der Waals surface area contributed by atoms with Crippen LogP contribution in [0.2, 0.25) is 0 Å². The first-order valence-corrected chi connectivity index (χ1v) is 4.46. The van der Waals surface area contributed by atoms with Crippen molar-refractivity contribution in [1.82, 2.24) is 0 Å². The number of allylic oxidation sites excluding steroid dienone is 1. The smallest absolute Gasteiger partial charge is 0.311 e. The minimum Gasteiger partial charge on any atom is -0.481 e. The fourth-order valence-electron chi connectivity index (χ4n) is 0.825. The van der Waals surface area contributed by atoms with Gasteiger partial charge in [-0.2, -0.15) is 0 Å². The largest absolute Gasteiger partial charge is 0.481 e. The van der Waals surface area contributed by atoms with Crippen LogP contribution in [0.3, 0.4) is 0 Å². The standard InChI is InChI=1S/C11H16O2/c1-4-6-10(11(12)13)8-7-9(3)5-2/h1,7-10H,5-6H2,2-3H3,(H,12,13). The maximum Gasteiger partial charge on any atom is 0.311 e. The van der Waals surface area contributed by atoms with Crippen LogP contribution in [-0.2, 0) is 4.79 Å². The lowest BCUT2D eigenvalue weighted by molar-refractivity contribution is -0.139. The molecule has 2 heteroatoms. The molecular formula is C11H16O2. The van der Waals surface area contributed by atoms with Gasteiger partial charge in [-0.3, -0.25) is 4.79 Å². The molecule has 0 amide bonds. The first-order chi connectivity index (χ1) is 6.11. The van der Waals surface area contributed by atoms with E-state index in [1.165, 1.54) is 0 Å². The summed E-state index contributed by atoms with van der Waals surface area (Å²) in [6.07, 6.45) is 9.94. The summed E-state index contributed by atoms with van der Waals surface area (Å²) in [5, 5.41) is 8.74. The molecule has 0 heterocycles. The molecule has 2 nitrogen and oxygen atoms in total. The molecular weight excluding hydrogens is 164 g/mol. The third-order valence-electron chi connectivity index (χ3n) is 1.97. The van der Waals surface area contributed by atoms with E-state index in [1.54, 1.807) is 6.08 Å². The maximum absolute atomic E-state index is 10.6. The van der Waals surface area contributed by atoms with E-state index in [4.69, 9.17) is 11.5 Å². The van der Waals surface area contributed by atoms with Gasteiger partial charge in [-0.1, -0.05) is 32.4 Å². The summed E-state index contributed by atoms with van der Waals surface area (Å²) in [6, 6.07) is 0. The van der Waals surface area contributed by atoms with Gasteiger partial charge in [0.05, 0.1) is 5.92 Å². The van der Waals surface area contributed by atoms with E-state index in [0.29, 0.717) is 5.92 Å². The topological polar surface area (TPSA) is 37.3 Å². The lowest BCUT2D eigenvalue weighted by Gasteiger charge is -2.04. The Kier molecular flexibility index (Phi) is 5.71. The Balaban J connectivity index is 4.18. The predicted molar refractivity (Wildman–Crippen MR) is 53.2 cm³/mol. The van der Waals surface area contributed by atoms with E-state index in [-0.39, 0.29) is 6.42 Å². The van der Waals surface area contributed by atoms with E-state index < -0.39 is 11.9 Å². The zero-order valence-electron chi connectivity index (χ0n) is 8.16.